The van der Waals surface area contributed by atoms with E-state index in [1.165, 1.54) is 4.90 Å². The molecule has 0 radical (unpaired) electrons. The molecular formula is C20H24N2O5. The highest BCUT2D eigenvalue weighted by atomic mass is 16.5. The minimum atomic E-state index is -1.00. The molecule has 0 aliphatic rings. The van der Waals surface area contributed by atoms with Gasteiger partial charge in [0.15, 0.2) is 0 Å². The van der Waals surface area contributed by atoms with E-state index < -0.39 is 5.97 Å². The fourth-order valence-electron chi connectivity index (χ4n) is 2.56. The number of anilines is 1. The first-order valence-corrected chi connectivity index (χ1v) is 8.52. The Morgan fingerprint density at radius 3 is 2.00 bits per heavy atom. The molecule has 144 valence electrons. The van der Waals surface area contributed by atoms with Gasteiger partial charge in [0.1, 0.15) is 18.0 Å². The third-order valence-electron chi connectivity index (χ3n) is 3.99. The second-order valence-corrected chi connectivity index (χ2v) is 5.90. The Kier molecular flexibility index (Phi) is 7.49. The molecule has 2 aromatic carbocycles. The molecule has 0 atom stereocenters. The van der Waals surface area contributed by atoms with Crippen LogP contribution < -0.4 is 19.7 Å². The Balaban J connectivity index is 1.89. The molecular weight excluding hydrogens is 348 g/mol. The summed E-state index contributed by atoms with van der Waals surface area (Å²) in [6.45, 7) is 0.161. The van der Waals surface area contributed by atoms with Crippen LogP contribution in [0.3, 0.4) is 0 Å². The van der Waals surface area contributed by atoms with Crippen LogP contribution in [-0.2, 0) is 16.0 Å². The van der Waals surface area contributed by atoms with Crippen molar-refractivity contribution in [2.45, 2.75) is 6.42 Å². The first-order chi connectivity index (χ1) is 13.0. The van der Waals surface area contributed by atoms with E-state index in [0.29, 0.717) is 24.4 Å². The first kappa shape index (κ1) is 20.1. The number of nitrogens with one attached hydrogen (secondary N) is 1. The van der Waals surface area contributed by atoms with Crippen molar-refractivity contribution >= 4 is 17.6 Å². The Morgan fingerprint density at radius 2 is 1.48 bits per heavy atom. The highest BCUT2D eigenvalue weighted by Gasteiger charge is 2.15. The number of carboxylic acids is 1. The van der Waals surface area contributed by atoms with Crippen molar-refractivity contribution in [3.8, 4) is 11.5 Å². The maximum atomic E-state index is 12.2. The molecule has 2 aromatic rings. The zero-order chi connectivity index (χ0) is 19.6. The van der Waals surface area contributed by atoms with Gasteiger partial charge in [-0.3, -0.25) is 9.59 Å². The van der Waals surface area contributed by atoms with Crippen LogP contribution in [-0.4, -0.2) is 50.8 Å². The number of carboxylic acid groups (broad SMARTS) is 1. The minimum Gasteiger partial charge on any atom is -0.497 e. The van der Waals surface area contributed by atoms with Gasteiger partial charge in [-0.2, -0.15) is 0 Å². The van der Waals surface area contributed by atoms with Crippen LogP contribution in [0.5, 0.6) is 11.5 Å². The molecule has 2 N–H and O–H groups in total. The molecule has 0 spiro atoms. The summed E-state index contributed by atoms with van der Waals surface area (Å²) in [5.41, 5.74) is 1.72. The van der Waals surface area contributed by atoms with Crippen molar-refractivity contribution in [1.82, 2.24) is 5.32 Å². The van der Waals surface area contributed by atoms with Gasteiger partial charge in [0.05, 0.1) is 20.8 Å². The summed E-state index contributed by atoms with van der Waals surface area (Å²) in [6.07, 6.45) is 0.678. The number of ether oxygens (including phenoxy) is 2. The summed E-state index contributed by atoms with van der Waals surface area (Å²) in [5, 5.41) is 11.9. The van der Waals surface area contributed by atoms with Crippen LogP contribution in [0.15, 0.2) is 48.5 Å². The number of aliphatic carboxylic acids is 1. The number of hydrogen-bond donors (Lipinski definition) is 2. The minimum absolute atomic E-state index is 0.0404. The van der Waals surface area contributed by atoms with Crippen LogP contribution >= 0.6 is 0 Å². The number of methoxy groups -OCH3 is 2. The molecule has 0 saturated heterocycles. The lowest BCUT2D eigenvalue weighted by Crippen LogP contribution is -2.40. The van der Waals surface area contributed by atoms with Gasteiger partial charge in [0.25, 0.3) is 0 Å². The van der Waals surface area contributed by atoms with E-state index in [0.717, 1.165) is 11.3 Å². The van der Waals surface area contributed by atoms with Crippen LogP contribution in [0.1, 0.15) is 5.56 Å². The van der Waals surface area contributed by atoms with Crippen LogP contribution in [0, 0.1) is 0 Å². The lowest BCUT2D eigenvalue weighted by molar-refractivity contribution is -0.135. The molecule has 7 heteroatoms. The summed E-state index contributed by atoms with van der Waals surface area (Å²) < 4.78 is 10.2. The number of carbonyl (C=O) groups excluding carboxylic acids is 1. The smallest absolute Gasteiger partial charge is 0.323 e. The highest BCUT2D eigenvalue weighted by Crippen LogP contribution is 2.19. The molecule has 0 bridgehead atoms. The van der Waals surface area contributed by atoms with Gasteiger partial charge in [-0.1, -0.05) is 12.1 Å². The Hall–Kier alpha value is -3.22. The molecule has 0 heterocycles. The van der Waals surface area contributed by atoms with E-state index in [1.807, 2.05) is 24.3 Å². The van der Waals surface area contributed by atoms with Crippen molar-refractivity contribution in [3.63, 3.8) is 0 Å². The van der Waals surface area contributed by atoms with E-state index >= 15 is 0 Å². The maximum absolute atomic E-state index is 12.2. The molecule has 1 amide bonds. The molecule has 7 nitrogen and oxygen atoms in total. The topological polar surface area (TPSA) is 88.1 Å². The summed E-state index contributed by atoms with van der Waals surface area (Å²) in [4.78, 5) is 24.9. The standard InChI is InChI=1S/C20H24N2O5/c1-26-17-7-3-15(4-8-17)11-12-21-19(23)13-22(14-20(24)25)16-5-9-18(27-2)10-6-16/h3-10H,11-14H2,1-2H3,(H,21,23)(H,24,25). The van der Waals surface area contributed by atoms with Crippen LogP contribution in [0.2, 0.25) is 0 Å². The number of benzene rings is 2. The molecule has 0 aliphatic heterocycles. The Morgan fingerprint density at radius 1 is 0.926 bits per heavy atom. The number of nitrogens with zero attached hydrogens (tertiary/aromatic N) is 1. The quantitative estimate of drug-likeness (QED) is 0.663. The molecule has 0 aliphatic carbocycles. The summed E-state index contributed by atoms with van der Waals surface area (Å²) in [6, 6.07) is 14.5. The van der Waals surface area contributed by atoms with Crippen molar-refractivity contribution in [3.05, 3.63) is 54.1 Å². The zero-order valence-corrected chi connectivity index (χ0v) is 15.5. The Bertz CT molecular complexity index is 744. The van der Waals surface area contributed by atoms with Crippen molar-refractivity contribution in [2.75, 3.05) is 38.8 Å². The van der Waals surface area contributed by atoms with E-state index in [2.05, 4.69) is 5.32 Å². The van der Waals surface area contributed by atoms with Gasteiger partial charge in [-0.05, 0) is 48.4 Å². The maximum Gasteiger partial charge on any atom is 0.323 e. The van der Waals surface area contributed by atoms with Crippen molar-refractivity contribution < 1.29 is 24.2 Å². The van der Waals surface area contributed by atoms with Crippen LogP contribution in [0.4, 0.5) is 5.69 Å². The summed E-state index contributed by atoms with van der Waals surface area (Å²) >= 11 is 0. The SMILES string of the molecule is COc1ccc(CCNC(=O)CN(CC(=O)O)c2ccc(OC)cc2)cc1. The second-order valence-electron chi connectivity index (χ2n) is 5.90. The molecule has 27 heavy (non-hydrogen) atoms. The fourth-order valence-corrected chi connectivity index (χ4v) is 2.56. The normalized spacial score (nSPS) is 10.1. The van der Waals surface area contributed by atoms with Gasteiger partial charge in [0.2, 0.25) is 5.91 Å². The molecule has 0 unspecified atom stereocenters. The van der Waals surface area contributed by atoms with Gasteiger partial charge in [-0.25, -0.2) is 0 Å². The first-order valence-electron chi connectivity index (χ1n) is 8.52. The highest BCUT2D eigenvalue weighted by molar-refractivity contribution is 5.84. The fraction of sp³-hybridized carbons (Fsp3) is 0.300. The molecule has 0 aromatic heterocycles. The predicted octanol–water partition coefficient (Wildman–Crippen LogP) is 1.95. The van der Waals surface area contributed by atoms with E-state index in [1.54, 1.807) is 38.5 Å². The second kappa shape index (κ2) is 10.1. The lowest BCUT2D eigenvalue weighted by atomic mass is 10.1. The van der Waals surface area contributed by atoms with Gasteiger partial charge in [0, 0.05) is 12.2 Å². The van der Waals surface area contributed by atoms with Gasteiger partial charge >= 0.3 is 5.97 Å². The van der Waals surface area contributed by atoms with Crippen molar-refractivity contribution in [2.24, 2.45) is 0 Å². The van der Waals surface area contributed by atoms with E-state index in [4.69, 9.17) is 14.6 Å². The van der Waals surface area contributed by atoms with Gasteiger partial charge < -0.3 is 24.8 Å². The zero-order valence-electron chi connectivity index (χ0n) is 15.5. The van der Waals surface area contributed by atoms with E-state index in [-0.39, 0.29) is 19.0 Å². The molecule has 0 saturated carbocycles. The lowest BCUT2D eigenvalue weighted by Gasteiger charge is -2.22. The average Bonchev–Trinajstić information content (AvgIpc) is 2.68. The number of rotatable bonds is 10. The van der Waals surface area contributed by atoms with Crippen molar-refractivity contribution in [1.29, 1.82) is 0 Å². The molecule has 2 rings (SSSR count). The third-order valence-corrected chi connectivity index (χ3v) is 3.99. The predicted molar refractivity (Wildman–Crippen MR) is 103 cm³/mol. The van der Waals surface area contributed by atoms with E-state index in [9.17, 15) is 9.59 Å². The number of carbonyl (C=O) groups is 2. The largest absolute Gasteiger partial charge is 0.497 e. The third kappa shape index (κ3) is 6.54. The number of amides is 1. The Labute approximate surface area is 158 Å². The van der Waals surface area contributed by atoms with Crippen LogP contribution in [0.25, 0.3) is 0 Å². The number of hydrogen-bond acceptors (Lipinski definition) is 5. The summed E-state index contributed by atoms with van der Waals surface area (Å²) in [7, 11) is 3.17. The summed E-state index contributed by atoms with van der Waals surface area (Å²) in [5.74, 6) is 0.210. The average molecular weight is 372 g/mol. The van der Waals surface area contributed by atoms with Gasteiger partial charge in [-0.15, -0.1) is 0 Å². The molecule has 0 fully saturated rings. The monoisotopic (exact) mass is 372 g/mol.